The van der Waals surface area contributed by atoms with Crippen LogP contribution in [0.25, 0.3) is 0 Å². The minimum absolute atomic E-state index is 0.388. The first-order chi connectivity index (χ1) is 7.09. The highest BCUT2D eigenvalue weighted by Gasteiger charge is 2.32. The van der Waals surface area contributed by atoms with Gasteiger partial charge in [0.15, 0.2) is 11.6 Å². The van der Waals surface area contributed by atoms with Crippen molar-refractivity contribution in [2.75, 3.05) is 0 Å². The largest absolute Gasteiger partial charge is 0.573 e. The van der Waals surface area contributed by atoms with Crippen LogP contribution in [0.1, 0.15) is 19.4 Å². The lowest BCUT2D eigenvalue weighted by atomic mass is 9.95. The van der Waals surface area contributed by atoms with Crippen LogP contribution < -0.4 is 10.5 Å². The average Bonchev–Trinajstić information content (AvgIpc) is 2.04. The van der Waals surface area contributed by atoms with Gasteiger partial charge in [-0.1, -0.05) is 6.07 Å². The SMILES string of the molecule is CC(C)(N)c1ccc(OC(F)(F)F)c(F)c1. The molecule has 0 fully saturated rings. The lowest BCUT2D eigenvalue weighted by Crippen LogP contribution is -2.28. The molecule has 0 saturated carbocycles. The van der Waals surface area contributed by atoms with Crippen LogP contribution in [0, 0.1) is 5.82 Å². The molecule has 90 valence electrons. The predicted octanol–water partition coefficient (Wildman–Crippen LogP) is 2.92. The molecule has 0 atom stereocenters. The van der Waals surface area contributed by atoms with Gasteiger partial charge in [-0.15, -0.1) is 13.2 Å². The predicted molar refractivity (Wildman–Crippen MR) is 50.3 cm³/mol. The molecule has 0 bridgehead atoms. The first kappa shape index (κ1) is 12.8. The van der Waals surface area contributed by atoms with Crippen molar-refractivity contribution < 1.29 is 22.3 Å². The molecule has 0 heterocycles. The topological polar surface area (TPSA) is 35.2 Å². The van der Waals surface area contributed by atoms with Gasteiger partial charge in [0.25, 0.3) is 0 Å². The van der Waals surface area contributed by atoms with Crippen molar-refractivity contribution >= 4 is 0 Å². The maximum Gasteiger partial charge on any atom is 0.573 e. The van der Waals surface area contributed by atoms with Gasteiger partial charge in [0.2, 0.25) is 0 Å². The summed E-state index contributed by atoms with van der Waals surface area (Å²) in [5.41, 5.74) is 5.24. The Morgan fingerprint density at radius 3 is 2.12 bits per heavy atom. The van der Waals surface area contributed by atoms with Crippen molar-refractivity contribution in [1.29, 1.82) is 0 Å². The van der Waals surface area contributed by atoms with Gasteiger partial charge in [0.05, 0.1) is 0 Å². The highest BCUT2D eigenvalue weighted by Crippen LogP contribution is 2.28. The highest BCUT2D eigenvalue weighted by molar-refractivity contribution is 5.32. The van der Waals surface area contributed by atoms with Crippen molar-refractivity contribution in [1.82, 2.24) is 0 Å². The minimum Gasteiger partial charge on any atom is -0.403 e. The smallest absolute Gasteiger partial charge is 0.403 e. The Hall–Kier alpha value is -1.30. The molecule has 2 N–H and O–H groups in total. The summed E-state index contributed by atoms with van der Waals surface area (Å²) in [5, 5.41) is 0. The molecule has 0 saturated heterocycles. The van der Waals surface area contributed by atoms with Crippen LogP contribution in [0.5, 0.6) is 5.75 Å². The zero-order chi connectivity index (χ0) is 12.6. The van der Waals surface area contributed by atoms with E-state index in [4.69, 9.17) is 5.73 Å². The summed E-state index contributed by atoms with van der Waals surface area (Å²) in [7, 11) is 0. The molecule has 0 unspecified atom stereocenters. The Morgan fingerprint density at radius 1 is 1.19 bits per heavy atom. The highest BCUT2D eigenvalue weighted by atomic mass is 19.4. The molecule has 16 heavy (non-hydrogen) atoms. The fourth-order valence-corrected chi connectivity index (χ4v) is 1.11. The monoisotopic (exact) mass is 237 g/mol. The zero-order valence-electron chi connectivity index (χ0n) is 8.73. The lowest BCUT2D eigenvalue weighted by Gasteiger charge is -2.20. The first-order valence-electron chi connectivity index (χ1n) is 4.44. The van der Waals surface area contributed by atoms with Crippen LogP contribution in [-0.2, 0) is 5.54 Å². The van der Waals surface area contributed by atoms with E-state index in [1.165, 1.54) is 6.07 Å². The van der Waals surface area contributed by atoms with Gasteiger partial charge in [-0.2, -0.15) is 0 Å². The summed E-state index contributed by atoms with van der Waals surface area (Å²) >= 11 is 0. The number of hydrogen-bond donors (Lipinski definition) is 1. The normalized spacial score (nSPS) is 12.7. The van der Waals surface area contributed by atoms with Crippen LogP contribution in [0.15, 0.2) is 18.2 Å². The summed E-state index contributed by atoms with van der Waals surface area (Å²) in [4.78, 5) is 0. The molecule has 0 aromatic heterocycles. The van der Waals surface area contributed by atoms with E-state index in [1.807, 2.05) is 0 Å². The Bertz CT molecular complexity index is 381. The molecule has 0 aliphatic carbocycles. The molecule has 6 heteroatoms. The molecule has 0 aliphatic rings. The van der Waals surface area contributed by atoms with Gasteiger partial charge in [0.1, 0.15) is 0 Å². The molecule has 0 amide bonds. The van der Waals surface area contributed by atoms with Crippen molar-refractivity contribution in [2.45, 2.75) is 25.7 Å². The molecule has 2 nitrogen and oxygen atoms in total. The van der Waals surface area contributed by atoms with E-state index in [0.717, 1.165) is 12.1 Å². The maximum atomic E-state index is 13.2. The number of rotatable bonds is 2. The van der Waals surface area contributed by atoms with Crippen molar-refractivity contribution in [3.63, 3.8) is 0 Å². The molecule has 1 aromatic carbocycles. The number of hydrogen-bond acceptors (Lipinski definition) is 2. The summed E-state index contributed by atoms with van der Waals surface area (Å²) in [6.07, 6.45) is -4.90. The zero-order valence-corrected chi connectivity index (χ0v) is 8.73. The summed E-state index contributed by atoms with van der Waals surface area (Å²) in [6, 6.07) is 3.14. The lowest BCUT2D eigenvalue weighted by molar-refractivity contribution is -0.275. The van der Waals surface area contributed by atoms with Gasteiger partial charge in [-0.25, -0.2) is 4.39 Å². The van der Waals surface area contributed by atoms with Crippen molar-refractivity contribution in [3.8, 4) is 5.75 Å². The van der Waals surface area contributed by atoms with Gasteiger partial charge in [-0.05, 0) is 31.5 Å². The Balaban J connectivity index is 3.01. The minimum atomic E-state index is -4.90. The number of alkyl halides is 3. The number of nitrogens with two attached hydrogens (primary N) is 1. The third-order valence-electron chi connectivity index (χ3n) is 1.90. The second-order valence-corrected chi connectivity index (χ2v) is 3.91. The quantitative estimate of drug-likeness (QED) is 0.802. The van der Waals surface area contributed by atoms with Crippen molar-refractivity contribution in [2.24, 2.45) is 5.73 Å². The van der Waals surface area contributed by atoms with Gasteiger partial charge < -0.3 is 10.5 Å². The fraction of sp³-hybridized carbons (Fsp3) is 0.400. The van der Waals surface area contributed by atoms with E-state index in [2.05, 4.69) is 4.74 Å². The Kier molecular flexibility index (Phi) is 3.14. The molecule has 1 rings (SSSR count). The molecule has 0 radical (unpaired) electrons. The van der Waals surface area contributed by atoms with E-state index in [0.29, 0.717) is 5.56 Å². The second kappa shape index (κ2) is 3.93. The average molecular weight is 237 g/mol. The fourth-order valence-electron chi connectivity index (χ4n) is 1.11. The third-order valence-corrected chi connectivity index (χ3v) is 1.90. The van der Waals surface area contributed by atoms with E-state index in [-0.39, 0.29) is 0 Å². The molecular weight excluding hydrogens is 226 g/mol. The summed E-state index contributed by atoms with van der Waals surface area (Å²) < 4.78 is 52.2. The Labute approximate surface area is 90.0 Å². The van der Waals surface area contributed by atoms with Gasteiger partial charge in [0, 0.05) is 5.54 Å². The van der Waals surface area contributed by atoms with Gasteiger partial charge in [-0.3, -0.25) is 0 Å². The second-order valence-electron chi connectivity index (χ2n) is 3.91. The Morgan fingerprint density at radius 2 is 1.75 bits per heavy atom. The number of benzene rings is 1. The molecule has 1 aromatic rings. The van der Waals surface area contributed by atoms with E-state index < -0.39 is 23.5 Å². The third kappa shape index (κ3) is 3.37. The van der Waals surface area contributed by atoms with Crippen LogP contribution in [0.2, 0.25) is 0 Å². The molecule has 0 spiro atoms. The van der Waals surface area contributed by atoms with Crippen molar-refractivity contribution in [3.05, 3.63) is 29.6 Å². The maximum absolute atomic E-state index is 13.2. The van der Waals surface area contributed by atoms with E-state index in [1.54, 1.807) is 13.8 Å². The standard InChI is InChI=1S/C10H11F4NO/c1-9(2,15)6-3-4-8(7(11)5-6)16-10(12,13)14/h3-5H,15H2,1-2H3. The molecule has 0 aliphatic heterocycles. The van der Waals surface area contributed by atoms with E-state index >= 15 is 0 Å². The first-order valence-corrected chi connectivity index (χ1v) is 4.44. The van der Waals surface area contributed by atoms with Crippen LogP contribution in [0.3, 0.4) is 0 Å². The van der Waals surface area contributed by atoms with Crippen LogP contribution in [-0.4, -0.2) is 6.36 Å². The number of ether oxygens (including phenoxy) is 1. The van der Waals surface area contributed by atoms with Crippen LogP contribution >= 0.6 is 0 Å². The van der Waals surface area contributed by atoms with E-state index in [9.17, 15) is 17.6 Å². The van der Waals surface area contributed by atoms with Gasteiger partial charge >= 0.3 is 6.36 Å². The number of halogens is 4. The van der Waals surface area contributed by atoms with Crippen LogP contribution in [0.4, 0.5) is 17.6 Å². The molecular formula is C10H11F4NO. The summed E-state index contributed by atoms with van der Waals surface area (Å²) in [6.45, 7) is 3.23. The summed E-state index contributed by atoms with van der Waals surface area (Å²) in [5.74, 6) is -1.95.